The molecule has 3 fully saturated rings. The van der Waals surface area contributed by atoms with Gasteiger partial charge in [-0.15, -0.1) is 0 Å². The van der Waals surface area contributed by atoms with Crippen molar-refractivity contribution in [2.24, 2.45) is 5.92 Å². The van der Waals surface area contributed by atoms with Crippen molar-refractivity contribution in [3.8, 4) is 5.75 Å². The van der Waals surface area contributed by atoms with Gasteiger partial charge >= 0.3 is 5.97 Å². The number of nitrogens with zero attached hydrogens (tertiary/aromatic N) is 2. The van der Waals surface area contributed by atoms with Gasteiger partial charge in [-0.2, -0.15) is 0 Å². The van der Waals surface area contributed by atoms with E-state index in [0.29, 0.717) is 13.0 Å². The average molecular weight is 418 g/mol. The topological polar surface area (TPSA) is 54.7 Å². The molecule has 1 aromatic heterocycles. The fourth-order valence-corrected chi connectivity index (χ4v) is 5.20. The molecule has 2 bridgehead atoms. The largest absolute Gasteiger partial charge is 0.489 e. The Bertz CT molecular complexity index is 1130. The summed E-state index contributed by atoms with van der Waals surface area (Å²) >= 11 is 0. The molecule has 0 amide bonds. The summed E-state index contributed by atoms with van der Waals surface area (Å²) in [7, 11) is 0. The molecule has 0 saturated carbocycles. The summed E-state index contributed by atoms with van der Waals surface area (Å²) in [4.78, 5) is 14.5. The van der Waals surface area contributed by atoms with Gasteiger partial charge in [-0.25, -0.2) is 4.79 Å². The first-order valence-corrected chi connectivity index (χ1v) is 10.9. The standard InChI is InChI=1S/C25H28N2O3.BH3/c1-2-22(25(28)29)27-23-6-4-3-5-20(23)21-8-7-19(15-24(21)27)30-14-11-18-16-26-12-9-17(18)10-13-26;/h3-8,11,15,17,22H,2,9-10,12-14,16H2,1H3,(H,28,29);1H3/b18-11+;. The Balaban J connectivity index is 0.00000231. The molecule has 2 aromatic carbocycles. The van der Waals surface area contributed by atoms with Crippen LogP contribution in [0.4, 0.5) is 0 Å². The van der Waals surface area contributed by atoms with Gasteiger partial charge in [0.15, 0.2) is 0 Å². The SMILES string of the molecule is B.CCC(C(=O)O)n1c2ccccc2c2ccc(OC/C=C3\CN4CCC3CC4)cc21. The highest BCUT2D eigenvalue weighted by Gasteiger charge is 2.29. The summed E-state index contributed by atoms with van der Waals surface area (Å²) in [6.45, 7) is 6.01. The van der Waals surface area contributed by atoms with Crippen LogP contribution in [0.3, 0.4) is 0 Å². The Hall–Kier alpha value is -2.73. The fraction of sp³-hybridized carbons (Fsp3) is 0.400. The summed E-state index contributed by atoms with van der Waals surface area (Å²) in [5.74, 6) is 0.702. The number of aromatic nitrogens is 1. The number of rotatable bonds is 6. The maximum absolute atomic E-state index is 11.9. The first kappa shape index (κ1) is 21.5. The molecule has 5 nitrogen and oxygen atoms in total. The van der Waals surface area contributed by atoms with E-state index < -0.39 is 12.0 Å². The molecule has 6 rings (SSSR count). The molecule has 162 valence electrons. The number of fused-ring (bicyclic) bond motifs is 6. The van der Waals surface area contributed by atoms with Crippen molar-refractivity contribution in [1.82, 2.24) is 9.47 Å². The minimum atomic E-state index is -0.807. The van der Waals surface area contributed by atoms with Crippen LogP contribution in [0.25, 0.3) is 21.8 Å². The first-order chi connectivity index (χ1) is 14.7. The molecule has 0 radical (unpaired) electrons. The van der Waals surface area contributed by atoms with E-state index in [2.05, 4.69) is 23.1 Å². The Morgan fingerprint density at radius 1 is 1.16 bits per heavy atom. The van der Waals surface area contributed by atoms with E-state index in [1.807, 2.05) is 41.8 Å². The summed E-state index contributed by atoms with van der Waals surface area (Å²) in [5.41, 5.74) is 3.38. The number of carboxylic acid groups (broad SMARTS) is 1. The van der Waals surface area contributed by atoms with E-state index in [4.69, 9.17) is 4.74 Å². The van der Waals surface area contributed by atoms with Gasteiger partial charge in [0.05, 0.1) is 13.9 Å². The molecule has 3 aromatic rings. The monoisotopic (exact) mass is 418 g/mol. The van der Waals surface area contributed by atoms with Gasteiger partial charge in [-0.3, -0.25) is 4.90 Å². The number of benzene rings is 2. The number of hydrogen-bond acceptors (Lipinski definition) is 3. The normalized spacial score (nSPS) is 22.5. The Kier molecular flexibility index (Phi) is 6.10. The number of piperidine rings is 3. The number of carbonyl (C=O) groups is 1. The van der Waals surface area contributed by atoms with Gasteiger partial charge in [0.2, 0.25) is 0 Å². The van der Waals surface area contributed by atoms with Gasteiger partial charge < -0.3 is 14.4 Å². The smallest absolute Gasteiger partial charge is 0.326 e. The van der Waals surface area contributed by atoms with E-state index in [1.165, 1.54) is 31.5 Å². The van der Waals surface area contributed by atoms with E-state index in [0.717, 1.165) is 40.0 Å². The van der Waals surface area contributed by atoms with Crippen molar-refractivity contribution in [1.29, 1.82) is 0 Å². The van der Waals surface area contributed by atoms with Crippen LogP contribution in [0.15, 0.2) is 54.1 Å². The molecule has 3 aliphatic heterocycles. The Morgan fingerprint density at radius 2 is 1.90 bits per heavy atom. The number of para-hydroxylation sites is 1. The highest BCUT2D eigenvalue weighted by atomic mass is 16.5. The zero-order valence-electron chi connectivity index (χ0n) is 17.4. The van der Waals surface area contributed by atoms with Crippen molar-refractivity contribution < 1.29 is 14.6 Å². The zero-order chi connectivity index (χ0) is 20.7. The Morgan fingerprint density at radius 3 is 2.58 bits per heavy atom. The van der Waals surface area contributed by atoms with Crippen molar-refractivity contribution in [3.05, 3.63) is 54.1 Å². The van der Waals surface area contributed by atoms with Gasteiger partial charge in [-0.05, 0) is 62.5 Å². The number of hydrogen-bond donors (Lipinski definition) is 1. The molecule has 6 heteroatoms. The lowest BCUT2D eigenvalue weighted by Crippen LogP contribution is -2.43. The van der Waals surface area contributed by atoms with Crippen LogP contribution >= 0.6 is 0 Å². The van der Waals surface area contributed by atoms with Crippen molar-refractivity contribution >= 4 is 36.2 Å². The Labute approximate surface area is 184 Å². The molecule has 4 heterocycles. The molecule has 3 saturated heterocycles. The third-order valence-corrected chi connectivity index (χ3v) is 6.78. The minimum absolute atomic E-state index is 0. The number of ether oxygens (including phenoxy) is 1. The molecule has 0 aliphatic carbocycles. The van der Waals surface area contributed by atoms with Crippen LogP contribution in [0, 0.1) is 5.92 Å². The van der Waals surface area contributed by atoms with Crippen molar-refractivity contribution in [3.63, 3.8) is 0 Å². The van der Waals surface area contributed by atoms with E-state index in [1.54, 1.807) is 0 Å². The van der Waals surface area contributed by atoms with E-state index in [9.17, 15) is 9.90 Å². The average Bonchev–Trinajstić information content (AvgIpc) is 3.09. The van der Waals surface area contributed by atoms with Crippen LogP contribution in [-0.4, -0.2) is 55.2 Å². The van der Waals surface area contributed by atoms with Crippen LogP contribution in [0.5, 0.6) is 5.75 Å². The molecule has 31 heavy (non-hydrogen) atoms. The third-order valence-electron chi connectivity index (χ3n) is 6.78. The predicted molar refractivity (Wildman–Crippen MR) is 129 cm³/mol. The summed E-state index contributed by atoms with van der Waals surface area (Å²) in [5, 5.41) is 11.9. The van der Waals surface area contributed by atoms with Gasteiger partial charge in [0.1, 0.15) is 18.4 Å². The lowest BCUT2D eigenvalue weighted by molar-refractivity contribution is -0.140. The minimum Gasteiger partial charge on any atom is -0.489 e. The van der Waals surface area contributed by atoms with Crippen LogP contribution < -0.4 is 4.74 Å². The molecule has 0 spiro atoms. The summed E-state index contributed by atoms with van der Waals surface area (Å²) in [6, 6.07) is 13.5. The first-order valence-electron chi connectivity index (χ1n) is 10.9. The molecule has 1 N–H and O–H groups in total. The molecule has 3 aliphatic rings. The lowest BCUT2D eigenvalue weighted by Gasteiger charge is -2.41. The summed E-state index contributed by atoms with van der Waals surface area (Å²) < 4.78 is 8.04. The fourth-order valence-electron chi connectivity index (χ4n) is 5.20. The van der Waals surface area contributed by atoms with E-state index >= 15 is 0 Å². The van der Waals surface area contributed by atoms with Crippen molar-refractivity contribution in [2.45, 2.75) is 32.2 Å². The second-order valence-corrected chi connectivity index (χ2v) is 8.47. The quantitative estimate of drug-likeness (QED) is 0.490. The van der Waals surface area contributed by atoms with Crippen LogP contribution in [0.1, 0.15) is 32.2 Å². The molecule has 1 unspecified atom stereocenters. The molecule has 1 atom stereocenters. The summed E-state index contributed by atoms with van der Waals surface area (Å²) in [6.07, 6.45) is 5.32. The van der Waals surface area contributed by atoms with Gasteiger partial charge in [0.25, 0.3) is 0 Å². The highest BCUT2D eigenvalue weighted by molar-refractivity contribution is 6.09. The highest BCUT2D eigenvalue weighted by Crippen LogP contribution is 2.35. The van der Waals surface area contributed by atoms with Crippen LogP contribution in [0.2, 0.25) is 0 Å². The van der Waals surface area contributed by atoms with E-state index in [-0.39, 0.29) is 8.41 Å². The molecular formula is C25H31BN2O3. The lowest BCUT2D eigenvalue weighted by atomic mass is 9.84. The predicted octanol–water partition coefficient (Wildman–Crippen LogP) is 3.68. The second kappa shape index (κ2) is 8.79. The second-order valence-electron chi connectivity index (χ2n) is 8.47. The number of carboxylic acids is 1. The number of aliphatic carboxylic acids is 1. The van der Waals surface area contributed by atoms with Crippen molar-refractivity contribution in [2.75, 3.05) is 26.2 Å². The maximum atomic E-state index is 11.9. The molecular weight excluding hydrogens is 387 g/mol. The third kappa shape index (κ3) is 3.85. The zero-order valence-corrected chi connectivity index (χ0v) is 17.4. The van der Waals surface area contributed by atoms with Crippen LogP contribution in [-0.2, 0) is 4.79 Å². The maximum Gasteiger partial charge on any atom is 0.326 e. The van der Waals surface area contributed by atoms with Gasteiger partial charge in [0, 0.05) is 28.9 Å². The van der Waals surface area contributed by atoms with Gasteiger partial charge in [-0.1, -0.05) is 30.7 Å².